The Bertz CT molecular complexity index is 4080. The summed E-state index contributed by atoms with van der Waals surface area (Å²) >= 11 is 0. The van der Waals surface area contributed by atoms with Gasteiger partial charge in [0.25, 0.3) is 0 Å². The maximum atomic E-state index is 10.0. The molecule has 10 nitrogen and oxygen atoms in total. The molecule has 0 bridgehead atoms. The monoisotopic (exact) mass is 956 g/mol. The van der Waals surface area contributed by atoms with E-state index in [9.17, 15) is 21.0 Å². The second-order valence-corrected chi connectivity index (χ2v) is 17.8. The van der Waals surface area contributed by atoms with E-state index in [0.29, 0.717) is 73.5 Å². The molecule has 3 aromatic heterocycles. The van der Waals surface area contributed by atoms with Crippen LogP contribution in [0.3, 0.4) is 0 Å². The molecular weight excluding hydrogens is 921 g/mol. The summed E-state index contributed by atoms with van der Waals surface area (Å²) in [6, 6.07) is 79.4. The molecular formula is C65H36N10. The Labute approximate surface area is 431 Å². The van der Waals surface area contributed by atoms with E-state index in [4.69, 9.17) is 24.9 Å². The average Bonchev–Trinajstić information content (AvgIpc) is 3.82. The first-order chi connectivity index (χ1) is 36.9. The Kier molecular flexibility index (Phi) is 11.5. The lowest BCUT2D eigenvalue weighted by Gasteiger charge is -2.17. The Morgan fingerprint density at radius 1 is 0.280 bits per heavy atom. The van der Waals surface area contributed by atoms with Crippen LogP contribution in [0.15, 0.2) is 218 Å². The maximum absolute atomic E-state index is 10.0. The van der Waals surface area contributed by atoms with E-state index < -0.39 is 0 Å². The van der Waals surface area contributed by atoms with Gasteiger partial charge in [0.1, 0.15) is 0 Å². The zero-order valence-electron chi connectivity index (χ0n) is 39.8. The molecule has 3 heterocycles. The molecule has 0 amide bonds. The molecule has 75 heavy (non-hydrogen) atoms. The lowest BCUT2D eigenvalue weighted by molar-refractivity contribution is 1.06. The fourth-order valence-corrected chi connectivity index (χ4v) is 9.55. The fourth-order valence-electron chi connectivity index (χ4n) is 9.55. The van der Waals surface area contributed by atoms with Gasteiger partial charge in [-0.2, -0.15) is 21.0 Å². The average molecular weight is 957 g/mol. The number of benzene rings is 9. The van der Waals surface area contributed by atoms with Gasteiger partial charge in [0.05, 0.1) is 74.6 Å². The van der Waals surface area contributed by atoms with E-state index in [-0.39, 0.29) is 0 Å². The smallest absolute Gasteiger partial charge is 0.166 e. The van der Waals surface area contributed by atoms with Crippen LogP contribution in [-0.4, -0.2) is 29.5 Å². The van der Waals surface area contributed by atoms with Gasteiger partial charge in [0.15, 0.2) is 23.3 Å². The lowest BCUT2D eigenvalue weighted by Crippen LogP contribution is -2.05. The molecule has 9 aromatic carbocycles. The first-order valence-corrected chi connectivity index (χ1v) is 23.9. The summed E-state index contributed by atoms with van der Waals surface area (Å²) in [5.74, 6) is 1.84. The number of fused-ring (bicyclic) bond motifs is 3. The van der Waals surface area contributed by atoms with Crippen molar-refractivity contribution in [3.05, 3.63) is 241 Å². The maximum Gasteiger partial charge on any atom is 0.166 e. The van der Waals surface area contributed by atoms with E-state index in [0.717, 1.165) is 66.6 Å². The third kappa shape index (κ3) is 8.66. The molecule has 346 valence electrons. The summed E-state index contributed by atoms with van der Waals surface area (Å²) in [5.41, 5.74) is 13.2. The van der Waals surface area contributed by atoms with Crippen LogP contribution in [0.4, 0.5) is 0 Å². The summed E-state index contributed by atoms with van der Waals surface area (Å²) in [4.78, 5) is 26.2. The van der Waals surface area contributed by atoms with Crippen LogP contribution in [-0.2, 0) is 0 Å². The van der Waals surface area contributed by atoms with Gasteiger partial charge >= 0.3 is 0 Å². The van der Waals surface area contributed by atoms with Crippen molar-refractivity contribution >= 4 is 21.8 Å². The fraction of sp³-hybridized carbons (Fsp3) is 0. The number of nitrogens with zero attached hydrogens (tertiary/aromatic N) is 10. The van der Waals surface area contributed by atoms with Crippen molar-refractivity contribution in [2.24, 2.45) is 0 Å². The molecule has 0 aliphatic heterocycles. The van der Waals surface area contributed by atoms with Crippen LogP contribution in [0.5, 0.6) is 0 Å². The Morgan fingerprint density at radius 2 is 0.653 bits per heavy atom. The Morgan fingerprint density at radius 3 is 1.07 bits per heavy atom. The minimum Gasteiger partial charge on any atom is -0.308 e. The SMILES string of the molecule is N#Cc1cc(C#N)cc(-c2ccc3c4ccc(-c5cc(C#N)cc(C#N)c5)cc4n(-c4ccc(-c5nc(-c6ccccc6)cc(-c6ccccc6)n5)cc4-c4nc(-c5ccccc5)nc(-c5ccccc5)n4)c3c2)c1. The summed E-state index contributed by atoms with van der Waals surface area (Å²) in [6.07, 6.45) is 0. The quantitative estimate of drug-likeness (QED) is 0.137. The highest BCUT2D eigenvalue weighted by Gasteiger charge is 2.23. The zero-order chi connectivity index (χ0) is 50.8. The Hall–Kier alpha value is -11.2. The number of nitriles is 4. The van der Waals surface area contributed by atoms with Gasteiger partial charge in [0, 0.05) is 44.2 Å². The van der Waals surface area contributed by atoms with E-state index in [1.807, 2.05) is 158 Å². The molecule has 12 rings (SSSR count). The van der Waals surface area contributed by atoms with Crippen LogP contribution >= 0.6 is 0 Å². The van der Waals surface area contributed by atoms with Crippen molar-refractivity contribution in [3.8, 4) is 120 Å². The van der Waals surface area contributed by atoms with Gasteiger partial charge in [-0.3, -0.25) is 0 Å². The van der Waals surface area contributed by atoms with Crippen molar-refractivity contribution in [2.45, 2.75) is 0 Å². The normalized spacial score (nSPS) is 10.9. The third-order valence-electron chi connectivity index (χ3n) is 13.1. The lowest BCUT2D eigenvalue weighted by atomic mass is 9.98. The van der Waals surface area contributed by atoms with Crippen molar-refractivity contribution in [1.29, 1.82) is 21.0 Å². The van der Waals surface area contributed by atoms with Crippen LogP contribution < -0.4 is 0 Å². The first kappa shape index (κ1) is 45.0. The Balaban J connectivity index is 1.19. The molecule has 0 radical (unpaired) electrons. The highest BCUT2D eigenvalue weighted by molar-refractivity contribution is 6.12. The molecule has 0 spiro atoms. The molecule has 0 saturated heterocycles. The molecule has 0 N–H and O–H groups in total. The van der Waals surface area contributed by atoms with E-state index in [1.165, 1.54) is 0 Å². The molecule has 12 aromatic rings. The van der Waals surface area contributed by atoms with E-state index in [2.05, 4.69) is 53.1 Å². The van der Waals surface area contributed by atoms with Gasteiger partial charge in [-0.1, -0.05) is 146 Å². The van der Waals surface area contributed by atoms with Gasteiger partial charge in [-0.15, -0.1) is 0 Å². The summed E-state index contributed by atoms with van der Waals surface area (Å²) in [5, 5.41) is 41.9. The number of aromatic nitrogens is 6. The second kappa shape index (κ2) is 19.2. The van der Waals surface area contributed by atoms with Crippen molar-refractivity contribution in [2.75, 3.05) is 0 Å². The van der Waals surface area contributed by atoms with Crippen molar-refractivity contribution in [3.63, 3.8) is 0 Å². The molecule has 0 saturated carbocycles. The van der Waals surface area contributed by atoms with E-state index in [1.54, 1.807) is 36.4 Å². The largest absolute Gasteiger partial charge is 0.308 e. The summed E-state index contributed by atoms with van der Waals surface area (Å²) in [6.45, 7) is 0. The predicted molar refractivity (Wildman–Crippen MR) is 292 cm³/mol. The van der Waals surface area contributed by atoms with E-state index >= 15 is 0 Å². The van der Waals surface area contributed by atoms with Gasteiger partial charge in [-0.25, -0.2) is 24.9 Å². The standard InChI is InChI=1S/C65H36N10/c66-37-41-27-42(38-67)30-52(29-41)49-21-24-54-55-25-22-50(53-31-43(39-68)28-44(32-53)40-69)35-61(55)75(60(54)34-49)59-26-23-51(64-70-57(45-13-5-1-6-14-45)36-58(71-64)46-15-7-2-8-16-46)33-56(59)65-73-62(47-17-9-3-10-18-47)72-63(74-65)48-19-11-4-12-20-48/h1-36H. The number of hydrogen-bond donors (Lipinski definition) is 0. The predicted octanol–water partition coefficient (Wildman–Crippen LogP) is 14.6. The highest BCUT2D eigenvalue weighted by Crippen LogP contribution is 2.41. The number of hydrogen-bond acceptors (Lipinski definition) is 9. The first-order valence-electron chi connectivity index (χ1n) is 23.9. The second-order valence-electron chi connectivity index (χ2n) is 17.8. The summed E-state index contributed by atoms with van der Waals surface area (Å²) in [7, 11) is 0. The molecule has 0 aliphatic rings. The molecule has 0 atom stereocenters. The van der Waals surface area contributed by atoms with Gasteiger partial charge in [-0.05, 0) is 95.1 Å². The minimum absolute atomic E-state index is 0.371. The van der Waals surface area contributed by atoms with Crippen LogP contribution in [0.2, 0.25) is 0 Å². The number of rotatable bonds is 9. The van der Waals surface area contributed by atoms with Crippen LogP contribution in [0.1, 0.15) is 22.3 Å². The van der Waals surface area contributed by atoms with Gasteiger partial charge < -0.3 is 4.57 Å². The molecule has 0 aliphatic carbocycles. The molecule has 0 fully saturated rings. The summed E-state index contributed by atoms with van der Waals surface area (Å²) < 4.78 is 2.18. The minimum atomic E-state index is 0.371. The van der Waals surface area contributed by atoms with Crippen molar-refractivity contribution in [1.82, 2.24) is 29.5 Å². The zero-order valence-corrected chi connectivity index (χ0v) is 39.8. The van der Waals surface area contributed by atoms with Crippen LogP contribution in [0, 0.1) is 45.3 Å². The van der Waals surface area contributed by atoms with Crippen LogP contribution in [0.25, 0.3) is 118 Å². The molecule has 10 heteroatoms. The van der Waals surface area contributed by atoms with Gasteiger partial charge in [0.2, 0.25) is 0 Å². The highest BCUT2D eigenvalue weighted by atomic mass is 15.1. The van der Waals surface area contributed by atoms with Crippen molar-refractivity contribution < 1.29 is 0 Å². The topological polar surface area (TPSA) is 165 Å². The third-order valence-corrected chi connectivity index (χ3v) is 13.1. The molecule has 0 unspecified atom stereocenters.